The fourth-order valence-electron chi connectivity index (χ4n) is 1.93. The quantitative estimate of drug-likeness (QED) is 0.897. The van der Waals surface area contributed by atoms with Crippen molar-refractivity contribution in [1.82, 2.24) is 14.9 Å². The summed E-state index contributed by atoms with van der Waals surface area (Å²) in [4.78, 5) is 4.41. The minimum absolute atomic E-state index is 0.788. The lowest BCUT2D eigenvalue weighted by Crippen LogP contribution is -2.12. The van der Waals surface area contributed by atoms with Crippen molar-refractivity contribution in [2.75, 3.05) is 6.54 Å². The molecule has 4 heteroatoms. The third-order valence-corrected chi connectivity index (χ3v) is 3.29. The Labute approximate surface area is 113 Å². The zero-order chi connectivity index (χ0) is 13.0. The van der Waals surface area contributed by atoms with Gasteiger partial charge in [-0.25, -0.2) is 4.98 Å². The SMILES string of the molecule is CCNCc1cc(-c2nccn2CC)ccc1Cl. The van der Waals surface area contributed by atoms with E-state index >= 15 is 0 Å². The summed E-state index contributed by atoms with van der Waals surface area (Å²) >= 11 is 6.20. The predicted molar refractivity (Wildman–Crippen MR) is 75.7 cm³/mol. The fourth-order valence-corrected chi connectivity index (χ4v) is 2.12. The smallest absolute Gasteiger partial charge is 0.139 e. The summed E-state index contributed by atoms with van der Waals surface area (Å²) in [5, 5.41) is 4.10. The Hall–Kier alpha value is -1.32. The molecule has 96 valence electrons. The Morgan fingerprint density at radius 2 is 2.17 bits per heavy atom. The molecule has 0 amide bonds. The molecule has 2 aromatic rings. The van der Waals surface area contributed by atoms with Gasteiger partial charge in [-0.1, -0.05) is 18.5 Å². The summed E-state index contributed by atoms with van der Waals surface area (Å²) in [6, 6.07) is 6.07. The number of hydrogen-bond donors (Lipinski definition) is 1. The highest BCUT2D eigenvalue weighted by Crippen LogP contribution is 2.24. The maximum absolute atomic E-state index is 6.20. The van der Waals surface area contributed by atoms with Crippen molar-refractivity contribution in [1.29, 1.82) is 0 Å². The van der Waals surface area contributed by atoms with Gasteiger partial charge in [0.2, 0.25) is 0 Å². The highest BCUT2D eigenvalue weighted by Gasteiger charge is 2.07. The molecule has 0 spiro atoms. The topological polar surface area (TPSA) is 29.9 Å². The number of halogens is 1. The van der Waals surface area contributed by atoms with E-state index in [-0.39, 0.29) is 0 Å². The minimum Gasteiger partial charge on any atom is -0.331 e. The molecule has 1 heterocycles. The third-order valence-electron chi connectivity index (χ3n) is 2.93. The van der Waals surface area contributed by atoms with E-state index in [0.717, 1.165) is 41.6 Å². The molecule has 0 fully saturated rings. The lowest BCUT2D eigenvalue weighted by atomic mass is 10.1. The largest absolute Gasteiger partial charge is 0.331 e. The first kappa shape index (κ1) is 13.1. The fraction of sp³-hybridized carbons (Fsp3) is 0.357. The number of aromatic nitrogens is 2. The Morgan fingerprint density at radius 3 is 2.89 bits per heavy atom. The van der Waals surface area contributed by atoms with Gasteiger partial charge in [-0.15, -0.1) is 0 Å². The van der Waals surface area contributed by atoms with E-state index in [0.29, 0.717) is 0 Å². The Balaban J connectivity index is 2.34. The van der Waals surface area contributed by atoms with Crippen molar-refractivity contribution < 1.29 is 0 Å². The molecule has 0 radical (unpaired) electrons. The van der Waals surface area contributed by atoms with Gasteiger partial charge in [-0.3, -0.25) is 0 Å². The first-order valence-corrected chi connectivity index (χ1v) is 6.64. The maximum Gasteiger partial charge on any atom is 0.139 e. The number of benzene rings is 1. The van der Waals surface area contributed by atoms with Gasteiger partial charge in [0, 0.05) is 36.1 Å². The van der Waals surface area contributed by atoms with Gasteiger partial charge in [0.25, 0.3) is 0 Å². The number of nitrogens with one attached hydrogen (secondary N) is 1. The van der Waals surface area contributed by atoms with Crippen molar-refractivity contribution in [2.24, 2.45) is 0 Å². The minimum atomic E-state index is 0.788. The van der Waals surface area contributed by atoms with Crippen LogP contribution in [0.5, 0.6) is 0 Å². The molecule has 2 rings (SSSR count). The molecular weight excluding hydrogens is 246 g/mol. The van der Waals surface area contributed by atoms with E-state index < -0.39 is 0 Å². The zero-order valence-corrected chi connectivity index (χ0v) is 11.5. The van der Waals surface area contributed by atoms with Crippen molar-refractivity contribution >= 4 is 11.6 Å². The van der Waals surface area contributed by atoms with Crippen molar-refractivity contribution in [3.05, 3.63) is 41.2 Å². The summed E-state index contributed by atoms with van der Waals surface area (Å²) in [5.74, 6) is 0.993. The normalized spacial score (nSPS) is 10.8. The first-order chi connectivity index (χ1) is 8.76. The number of imidazole rings is 1. The van der Waals surface area contributed by atoms with E-state index in [2.05, 4.69) is 34.8 Å². The molecule has 3 nitrogen and oxygen atoms in total. The van der Waals surface area contributed by atoms with Crippen LogP contribution in [0.15, 0.2) is 30.6 Å². The Morgan fingerprint density at radius 1 is 1.33 bits per heavy atom. The summed E-state index contributed by atoms with van der Waals surface area (Å²) in [7, 11) is 0. The van der Waals surface area contributed by atoms with E-state index in [1.165, 1.54) is 0 Å². The molecular formula is C14H18ClN3. The molecule has 0 aliphatic heterocycles. The van der Waals surface area contributed by atoms with E-state index in [1.54, 1.807) is 0 Å². The third kappa shape index (κ3) is 2.74. The van der Waals surface area contributed by atoms with Gasteiger partial charge < -0.3 is 9.88 Å². The Kier molecular flexibility index (Phi) is 4.39. The lowest BCUT2D eigenvalue weighted by Gasteiger charge is -2.09. The van der Waals surface area contributed by atoms with Crippen LogP contribution in [-0.4, -0.2) is 16.1 Å². The van der Waals surface area contributed by atoms with Crippen LogP contribution in [-0.2, 0) is 13.1 Å². The summed E-state index contributed by atoms with van der Waals surface area (Å²) in [6.07, 6.45) is 3.82. The van der Waals surface area contributed by atoms with Crippen molar-refractivity contribution in [2.45, 2.75) is 26.9 Å². The van der Waals surface area contributed by atoms with Crippen LogP contribution >= 0.6 is 11.6 Å². The summed E-state index contributed by atoms with van der Waals surface area (Å²) in [5.41, 5.74) is 2.22. The number of nitrogens with zero attached hydrogens (tertiary/aromatic N) is 2. The average molecular weight is 264 g/mol. The molecule has 1 aromatic heterocycles. The van der Waals surface area contributed by atoms with Gasteiger partial charge in [-0.2, -0.15) is 0 Å². The Bertz CT molecular complexity index is 520. The van der Waals surface area contributed by atoms with Gasteiger partial charge >= 0.3 is 0 Å². The highest BCUT2D eigenvalue weighted by molar-refractivity contribution is 6.31. The van der Waals surface area contributed by atoms with Crippen LogP contribution in [0.25, 0.3) is 11.4 Å². The lowest BCUT2D eigenvalue weighted by molar-refractivity contribution is 0.726. The standard InChI is InChI=1S/C14H18ClN3/c1-3-16-10-12-9-11(5-6-13(12)15)14-17-7-8-18(14)4-2/h5-9,16H,3-4,10H2,1-2H3. The second kappa shape index (κ2) is 6.03. The summed E-state index contributed by atoms with van der Waals surface area (Å²) < 4.78 is 2.13. The van der Waals surface area contributed by atoms with Crippen LogP contribution in [0.1, 0.15) is 19.4 Å². The molecule has 0 bridgehead atoms. The van der Waals surface area contributed by atoms with E-state index in [4.69, 9.17) is 11.6 Å². The van der Waals surface area contributed by atoms with Gasteiger partial charge in [-0.05, 0) is 37.2 Å². The number of hydrogen-bond acceptors (Lipinski definition) is 2. The molecule has 0 unspecified atom stereocenters. The molecule has 0 aliphatic carbocycles. The van der Waals surface area contributed by atoms with Crippen LogP contribution in [0.4, 0.5) is 0 Å². The van der Waals surface area contributed by atoms with Crippen LogP contribution in [0.2, 0.25) is 5.02 Å². The van der Waals surface area contributed by atoms with E-state index in [1.807, 2.05) is 24.5 Å². The van der Waals surface area contributed by atoms with Crippen LogP contribution in [0.3, 0.4) is 0 Å². The molecule has 0 saturated heterocycles. The zero-order valence-electron chi connectivity index (χ0n) is 10.8. The predicted octanol–water partition coefficient (Wildman–Crippen LogP) is 3.33. The van der Waals surface area contributed by atoms with Gasteiger partial charge in [0.15, 0.2) is 0 Å². The molecule has 0 atom stereocenters. The molecule has 18 heavy (non-hydrogen) atoms. The van der Waals surface area contributed by atoms with E-state index in [9.17, 15) is 0 Å². The molecule has 0 aliphatic rings. The number of rotatable bonds is 5. The average Bonchev–Trinajstić information content (AvgIpc) is 2.86. The number of aryl methyl sites for hydroxylation is 1. The van der Waals surface area contributed by atoms with Crippen molar-refractivity contribution in [3.8, 4) is 11.4 Å². The van der Waals surface area contributed by atoms with Crippen LogP contribution < -0.4 is 5.32 Å². The molecule has 1 aromatic carbocycles. The monoisotopic (exact) mass is 263 g/mol. The second-order valence-corrected chi connectivity index (χ2v) is 4.53. The molecule has 0 saturated carbocycles. The van der Waals surface area contributed by atoms with Gasteiger partial charge in [0.1, 0.15) is 5.82 Å². The summed E-state index contributed by atoms with van der Waals surface area (Å²) in [6.45, 7) is 6.84. The van der Waals surface area contributed by atoms with Crippen molar-refractivity contribution in [3.63, 3.8) is 0 Å². The highest BCUT2D eigenvalue weighted by atomic mass is 35.5. The van der Waals surface area contributed by atoms with Gasteiger partial charge in [0.05, 0.1) is 0 Å². The van der Waals surface area contributed by atoms with Crippen LogP contribution in [0, 0.1) is 0 Å². The maximum atomic E-state index is 6.20. The first-order valence-electron chi connectivity index (χ1n) is 6.27. The second-order valence-electron chi connectivity index (χ2n) is 4.12. The molecule has 1 N–H and O–H groups in total.